The lowest BCUT2D eigenvalue weighted by Crippen LogP contribution is -2.15. The zero-order valence-electron chi connectivity index (χ0n) is 20.6. The molecule has 0 aliphatic heterocycles. The summed E-state index contributed by atoms with van der Waals surface area (Å²) in [4.78, 5) is 30.0. The van der Waals surface area contributed by atoms with E-state index in [0.29, 0.717) is 50.9 Å². The highest BCUT2D eigenvalue weighted by Gasteiger charge is 2.23. The molecule has 0 atom stereocenters. The Balaban J connectivity index is 1.79. The van der Waals surface area contributed by atoms with Crippen molar-refractivity contribution < 1.29 is 33.3 Å². The number of H-pyrrole nitrogens is 1. The summed E-state index contributed by atoms with van der Waals surface area (Å²) in [6.07, 6.45) is 0. The fraction of sp³-hybridized carbons (Fsp3) is 0.185. The summed E-state index contributed by atoms with van der Waals surface area (Å²) < 4.78 is 26.6. The molecule has 0 saturated carbocycles. The second-order valence-electron chi connectivity index (χ2n) is 7.71. The Morgan fingerprint density at radius 1 is 0.694 bits per heavy atom. The number of amides is 1. The highest BCUT2D eigenvalue weighted by atomic mass is 16.5. The molecule has 0 bridgehead atoms. The van der Waals surface area contributed by atoms with Gasteiger partial charge in [-0.15, -0.1) is 0 Å². The summed E-state index contributed by atoms with van der Waals surface area (Å²) in [5, 5.41) is 3.54. The van der Waals surface area contributed by atoms with Crippen molar-refractivity contribution in [1.29, 1.82) is 0 Å². The van der Waals surface area contributed by atoms with Crippen LogP contribution < -0.4 is 29.0 Å². The first kappa shape index (κ1) is 24.5. The van der Waals surface area contributed by atoms with Crippen molar-refractivity contribution in [2.45, 2.75) is 0 Å². The molecule has 0 radical (unpaired) electrons. The average molecular weight is 491 g/mol. The van der Waals surface area contributed by atoms with Gasteiger partial charge >= 0.3 is 0 Å². The number of hydrogen-bond acceptors (Lipinski definition) is 7. The Labute approximate surface area is 207 Å². The number of hydrogen-bond donors (Lipinski definition) is 2. The maximum absolute atomic E-state index is 13.5. The topological polar surface area (TPSA) is 108 Å². The van der Waals surface area contributed by atoms with Crippen LogP contribution in [0, 0.1) is 0 Å². The molecule has 3 aromatic carbocycles. The molecular formula is C27H26N2O7. The molecule has 0 saturated heterocycles. The number of aromatic nitrogens is 1. The molecule has 9 heteroatoms. The van der Waals surface area contributed by atoms with Crippen LogP contribution in [0.1, 0.15) is 26.4 Å². The number of fused-ring (bicyclic) bond motifs is 1. The molecule has 0 unspecified atom stereocenters. The summed E-state index contributed by atoms with van der Waals surface area (Å²) in [5.41, 5.74) is 1.88. The molecule has 186 valence electrons. The van der Waals surface area contributed by atoms with Crippen LogP contribution in [0.2, 0.25) is 0 Å². The quantitative estimate of drug-likeness (QED) is 0.328. The lowest BCUT2D eigenvalue weighted by molar-refractivity contribution is 0.102. The second kappa shape index (κ2) is 10.3. The van der Waals surface area contributed by atoms with Crippen molar-refractivity contribution in [3.05, 3.63) is 71.4 Å². The minimum atomic E-state index is -0.463. The molecule has 1 amide bonds. The van der Waals surface area contributed by atoms with E-state index in [1.807, 2.05) is 0 Å². The molecule has 1 aromatic heterocycles. The van der Waals surface area contributed by atoms with E-state index >= 15 is 0 Å². The molecule has 36 heavy (non-hydrogen) atoms. The van der Waals surface area contributed by atoms with Gasteiger partial charge in [-0.3, -0.25) is 9.59 Å². The van der Waals surface area contributed by atoms with Gasteiger partial charge in [0.15, 0.2) is 11.5 Å². The first-order chi connectivity index (χ1) is 17.4. The van der Waals surface area contributed by atoms with Gasteiger partial charge in [-0.25, -0.2) is 0 Å². The van der Waals surface area contributed by atoms with Gasteiger partial charge in [-0.05, 0) is 48.5 Å². The van der Waals surface area contributed by atoms with Gasteiger partial charge in [0, 0.05) is 22.6 Å². The van der Waals surface area contributed by atoms with Crippen LogP contribution in [0.5, 0.6) is 28.7 Å². The van der Waals surface area contributed by atoms with Crippen LogP contribution in [0.3, 0.4) is 0 Å². The van der Waals surface area contributed by atoms with Gasteiger partial charge in [-0.2, -0.15) is 0 Å². The normalized spacial score (nSPS) is 10.6. The molecular weight excluding hydrogens is 464 g/mol. The van der Waals surface area contributed by atoms with E-state index < -0.39 is 5.91 Å². The van der Waals surface area contributed by atoms with E-state index in [9.17, 15) is 9.59 Å². The molecule has 1 heterocycles. The lowest BCUT2D eigenvalue weighted by atomic mass is 10.1. The summed E-state index contributed by atoms with van der Waals surface area (Å²) >= 11 is 0. The van der Waals surface area contributed by atoms with Gasteiger partial charge in [0.2, 0.25) is 11.5 Å². The number of anilines is 1. The van der Waals surface area contributed by atoms with Gasteiger partial charge in [0.1, 0.15) is 17.2 Å². The Morgan fingerprint density at radius 2 is 1.31 bits per heavy atom. The van der Waals surface area contributed by atoms with Crippen molar-refractivity contribution >= 4 is 28.3 Å². The van der Waals surface area contributed by atoms with Crippen molar-refractivity contribution in [1.82, 2.24) is 4.98 Å². The van der Waals surface area contributed by atoms with Crippen LogP contribution in [-0.2, 0) is 0 Å². The zero-order valence-corrected chi connectivity index (χ0v) is 20.6. The van der Waals surface area contributed by atoms with Crippen molar-refractivity contribution in [3.8, 4) is 28.7 Å². The second-order valence-corrected chi connectivity index (χ2v) is 7.71. The Morgan fingerprint density at radius 3 is 1.86 bits per heavy atom. The number of ether oxygens (including phenoxy) is 5. The number of aromatic amines is 1. The van der Waals surface area contributed by atoms with Crippen LogP contribution in [0.15, 0.2) is 54.6 Å². The highest BCUT2D eigenvalue weighted by Crippen LogP contribution is 2.39. The number of ketones is 1. The van der Waals surface area contributed by atoms with Crippen LogP contribution >= 0.6 is 0 Å². The van der Waals surface area contributed by atoms with Gasteiger partial charge < -0.3 is 34.0 Å². The monoisotopic (exact) mass is 490 g/mol. The van der Waals surface area contributed by atoms with E-state index in [1.54, 1.807) is 68.8 Å². The first-order valence-corrected chi connectivity index (χ1v) is 10.9. The SMILES string of the molecule is COc1ccc(C(=O)c2[nH]c3cc(OC)ccc3c2NC(=O)c2cc(OC)c(OC)c(OC)c2)cc1. The van der Waals surface area contributed by atoms with Crippen molar-refractivity contribution in [3.63, 3.8) is 0 Å². The standard InChI is InChI=1S/C27H26N2O7/c1-32-17-8-6-15(7-9-17)25(30)24-23(19-11-10-18(33-2)14-20(19)28-24)29-27(31)16-12-21(34-3)26(36-5)22(13-16)35-4/h6-14,28H,1-5H3,(H,29,31). The molecule has 2 N–H and O–H groups in total. The molecule has 4 rings (SSSR count). The van der Waals surface area contributed by atoms with Gasteiger partial charge in [0.25, 0.3) is 5.91 Å². The molecule has 0 fully saturated rings. The smallest absolute Gasteiger partial charge is 0.256 e. The first-order valence-electron chi connectivity index (χ1n) is 10.9. The number of nitrogens with one attached hydrogen (secondary N) is 2. The van der Waals surface area contributed by atoms with Gasteiger partial charge in [-0.1, -0.05) is 0 Å². The largest absolute Gasteiger partial charge is 0.497 e. The average Bonchev–Trinajstić information content (AvgIpc) is 3.28. The highest BCUT2D eigenvalue weighted by molar-refractivity contribution is 6.20. The summed E-state index contributed by atoms with van der Waals surface area (Å²) in [6.45, 7) is 0. The summed E-state index contributed by atoms with van der Waals surface area (Å²) in [6, 6.07) is 15.1. The molecule has 0 aliphatic rings. The fourth-order valence-electron chi connectivity index (χ4n) is 3.89. The van der Waals surface area contributed by atoms with E-state index in [0.717, 1.165) is 0 Å². The number of benzene rings is 3. The predicted octanol–water partition coefficient (Wildman–Crippen LogP) is 4.69. The summed E-state index contributed by atoms with van der Waals surface area (Å²) in [7, 11) is 7.53. The van der Waals surface area contributed by atoms with Crippen LogP contribution in [0.4, 0.5) is 5.69 Å². The Kier molecular flexibility index (Phi) is 7.00. The minimum Gasteiger partial charge on any atom is -0.497 e. The predicted molar refractivity (Wildman–Crippen MR) is 135 cm³/mol. The Hall–Kier alpha value is -4.66. The van der Waals surface area contributed by atoms with Crippen LogP contribution in [0.25, 0.3) is 10.9 Å². The molecule has 0 aliphatic carbocycles. The van der Waals surface area contributed by atoms with Gasteiger partial charge in [0.05, 0.1) is 46.8 Å². The number of rotatable bonds is 9. The maximum atomic E-state index is 13.5. The Bertz CT molecular complexity index is 1400. The molecule has 4 aromatic rings. The van der Waals surface area contributed by atoms with Crippen molar-refractivity contribution in [2.24, 2.45) is 0 Å². The fourth-order valence-corrected chi connectivity index (χ4v) is 3.89. The molecule has 0 spiro atoms. The third-order valence-electron chi connectivity index (χ3n) is 5.75. The van der Waals surface area contributed by atoms with Crippen LogP contribution in [-0.4, -0.2) is 52.2 Å². The van der Waals surface area contributed by atoms with E-state index in [4.69, 9.17) is 23.7 Å². The van der Waals surface area contributed by atoms with E-state index in [-0.39, 0.29) is 17.0 Å². The molecule has 9 nitrogen and oxygen atoms in total. The zero-order chi connectivity index (χ0) is 25.8. The maximum Gasteiger partial charge on any atom is 0.256 e. The number of carbonyl (C=O) groups excluding carboxylic acids is 2. The third-order valence-corrected chi connectivity index (χ3v) is 5.75. The number of carbonyl (C=O) groups is 2. The minimum absolute atomic E-state index is 0.226. The van der Waals surface area contributed by atoms with Crippen molar-refractivity contribution in [2.75, 3.05) is 40.9 Å². The summed E-state index contributed by atoms with van der Waals surface area (Å²) in [5.74, 6) is 1.51. The third kappa shape index (κ3) is 4.50. The van der Waals surface area contributed by atoms with E-state index in [1.165, 1.54) is 21.3 Å². The van der Waals surface area contributed by atoms with E-state index in [2.05, 4.69) is 10.3 Å². The lowest BCUT2D eigenvalue weighted by Gasteiger charge is -2.14. The number of methoxy groups -OCH3 is 5.